The molecule has 1 rings (SSSR count). The molecule has 0 aliphatic rings. The van der Waals surface area contributed by atoms with Crippen molar-refractivity contribution >= 4 is 130 Å². The van der Waals surface area contributed by atoms with Crippen LogP contribution in [-0.4, -0.2) is 218 Å². The predicted octanol–water partition coefficient (Wildman–Crippen LogP) is -5.61. The maximum Gasteiger partial charge on any atom is 0.246 e. The number of ketones is 6. The molecule has 44 heteroatoms. The lowest BCUT2D eigenvalue weighted by Crippen LogP contribution is -2.49. The minimum Gasteiger partial charge on any atom is -0.370 e. The van der Waals surface area contributed by atoms with Gasteiger partial charge in [0.05, 0.1) is 41.7 Å². The van der Waals surface area contributed by atoms with E-state index in [1.165, 1.54) is 6.92 Å². The van der Waals surface area contributed by atoms with Gasteiger partial charge in [0.1, 0.15) is 6.61 Å². The molecule has 0 saturated heterocycles. The van der Waals surface area contributed by atoms with Crippen molar-refractivity contribution in [1.82, 2.24) is 26.6 Å². The summed E-state index contributed by atoms with van der Waals surface area (Å²) in [6.45, 7) is 6.11. The number of guanidine groups is 8. The van der Waals surface area contributed by atoms with Crippen LogP contribution < -0.4 is 124 Å². The fourth-order valence-corrected chi connectivity index (χ4v) is 12.3. The molecule has 6 amide bonds. The number of amides is 6. The first kappa shape index (κ1) is 104. The summed E-state index contributed by atoms with van der Waals surface area (Å²) in [5, 5.41) is 13.9. The molecule has 0 heterocycles. The van der Waals surface area contributed by atoms with E-state index in [2.05, 4.69) is 79.2 Å². The number of nitrogens with two attached hydrogens (primary N) is 17. The van der Waals surface area contributed by atoms with E-state index in [1.807, 2.05) is 0 Å². The van der Waals surface area contributed by atoms with Crippen LogP contribution in [0.1, 0.15) is 178 Å². The van der Waals surface area contributed by atoms with Crippen LogP contribution in [0.5, 0.6) is 0 Å². The average Bonchev–Trinajstić information content (AvgIpc) is 0.854. The molecule has 0 aliphatic carbocycles. The van der Waals surface area contributed by atoms with E-state index in [0.717, 1.165) is 0 Å². The molecule has 0 unspecified atom stereocenters. The number of aliphatic imine (C=N–C) groups is 8. The second kappa shape index (κ2) is 56.7. The van der Waals surface area contributed by atoms with Crippen molar-refractivity contribution in [3.63, 3.8) is 0 Å². The number of primary amides is 1. The smallest absolute Gasteiger partial charge is 0.246 e. The molecule has 1 aromatic rings. The predicted molar refractivity (Wildman–Crippen MR) is 453 cm³/mol. The fourth-order valence-electron chi connectivity index (χ4n) is 12.0. The number of Topliss-reactive ketones (excluding diaryl/α,β-unsaturated/α-hetero) is 6. The number of hydrogen-bond donors (Lipinski definition) is 23. The molecule has 10 atom stereocenters. The number of rotatable bonds is 63. The molecule has 656 valence electrons. The third-order valence-corrected chi connectivity index (χ3v) is 18.6. The lowest BCUT2D eigenvalue weighted by molar-refractivity contribution is -0.137. The number of benzene rings is 1. The molecule has 0 spiro atoms. The van der Waals surface area contributed by atoms with E-state index >= 15 is 19.2 Å². The van der Waals surface area contributed by atoms with Crippen LogP contribution in [0.25, 0.3) is 0 Å². The summed E-state index contributed by atoms with van der Waals surface area (Å²) < 4.78 is 5.71. The molecule has 0 bridgehead atoms. The van der Waals surface area contributed by atoms with Crippen LogP contribution in [0, 0.1) is 29.6 Å². The van der Waals surface area contributed by atoms with Gasteiger partial charge in [-0.2, -0.15) is 12.6 Å². The van der Waals surface area contributed by atoms with Gasteiger partial charge in [-0.3, -0.25) is 97.5 Å². The van der Waals surface area contributed by atoms with Crippen molar-refractivity contribution in [1.29, 1.82) is 0 Å². The molecule has 117 heavy (non-hydrogen) atoms. The van der Waals surface area contributed by atoms with Gasteiger partial charge in [-0.05, 0) is 142 Å². The molecule has 43 nitrogen and oxygen atoms in total. The topological polar surface area (TPSA) is 815 Å². The summed E-state index contributed by atoms with van der Waals surface area (Å²) in [6, 6.07) is -0.302. The average molecular weight is 1670 g/mol. The zero-order chi connectivity index (χ0) is 88.3. The van der Waals surface area contributed by atoms with Crippen molar-refractivity contribution in [3.05, 3.63) is 35.4 Å². The number of ether oxygens (including phenoxy) is 1. The number of carbonyl (C=O) groups excluding carboxylic acids is 12. The van der Waals surface area contributed by atoms with Gasteiger partial charge < -0.3 is 129 Å². The largest absolute Gasteiger partial charge is 0.370 e. The number of nitrogens with one attached hydrogen (secondary N) is 5. The van der Waals surface area contributed by atoms with Crippen molar-refractivity contribution in [2.45, 2.75) is 205 Å². The van der Waals surface area contributed by atoms with Gasteiger partial charge in [-0.15, -0.1) is 0 Å². The molecule has 0 aliphatic heterocycles. The summed E-state index contributed by atoms with van der Waals surface area (Å²) in [4.78, 5) is 204. The molecule has 0 aromatic heterocycles. The van der Waals surface area contributed by atoms with Crippen LogP contribution >= 0.6 is 12.6 Å². The lowest BCUT2D eigenvalue weighted by Gasteiger charge is -2.27. The normalized spacial score (nSPS) is 13.6. The summed E-state index contributed by atoms with van der Waals surface area (Å²) in [5.41, 5.74) is 96.1. The summed E-state index contributed by atoms with van der Waals surface area (Å²) >= 11 is 4.18. The van der Waals surface area contributed by atoms with Gasteiger partial charge in [0.25, 0.3) is 0 Å². The summed E-state index contributed by atoms with van der Waals surface area (Å²) in [7, 11) is 0. The van der Waals surface area contributed by atoms with Crippen LogP contribution in [0.3, 0.4) is 0 Å². The Kier molecular flexibility index (Phi) is 50.2. The number of carbonyl (C=O) groups is 12. The highest BCUT2D eigenvalue weighted by molar-refractivity contribution is 7.80. The Morgan fingerprint density at radius 3 is 0.786 bits per heavy atom. The third-order valence-electron chi connectivity index (χ3n) is 18.1. The van der Waals surface area contributed by atoms with E-state index in [0.29, 0.717) is 11.1 Å². The van der Waals surface area contributed by atoms with Crippen molar-refractivity contribution in [3.8, 4) is 0 Å². The van der Waals surface area contributed by atoms with Crippen molar-refractivity contribution < 1.29 is 62.3 Å². The fraction of sp³-hybridized carbons (Fsp3) is 0.644. The molecule has 0 radical (unpaired) electrons. The van der Waals surface area contributed by atoms with Gasteiger partial charge in [-0.25, -0.2) is 0 Å². The highest BCUT2D eigenvalue weighted by atomic mass is 32.1. The van der Waals surface area contributed by atoms with Crippen LogP contribution in [0.4, 0.5) is 0 Å². The van der Waals surface area contributed by atoms with Gasteiger partial charge in [-0.1, -0.05) is 24.3 Å². The van der Waals surface area contributed by atoms with Crippen LogP contribution in [0.15, 0.2) is 64.2 Å². The Morgan fingerprint density at radius 1 is 0.342 bits per heavy atom. The number of thiol groups is 1. The quantitative estimate of drug-likeness (QED) is 0.00950. The van der Waals surface area contributed by atoms with Crippen LogP contribution in [-0.2, 0) is 63.9 Å². The van der Waals surface area contributed by atoms with E-state index in [1.54, 1.807) is 45.0 Å². The first-order valence-corrected chi connectivity index (χ1v) is 39.4. The summed E-state index contributed by atoms with van der Waals surface area (Å²) in [6.07, 6.45) is -2.59. The summed E-state index contributed by atoms with van der Waals surface area (Å²) in [5.74, 6) is -16.4. The highest BCUT2D eigenvalue weighted by Crippen LogP contribution is 2.25. The molecular formula is C73H130N30O13S. The SMILES string of the molecule is CC(=O)c1ccc(C[C@H](NC(=O)COC(C)(C)C)C(=O)C[C@H](CCCN=C(N)N)C(=O)N[C@H](CCCN=C(N)N)C(=O)C[C@H](CCCN=C(N)N)C(=O)N[C@H](CCCN=C(N)N)C(=O)C[C@H](CCCN=C(N)N)C(=O)N[C@H](CCCN=C(N)N)C(=O)C[C@H](CCCN=C(N)N)C(=O)N[C@H](CCCN=C(N)N)C(=O)C[C@H](CS)C(N)=O)cc1. The molecule has 0 fully saturated rings. The first-order chi connectivity index (χ1) is 55.0. The second-order valence-electron chi connectivity index (χ2n) is 29.2. The molecule has 1 aromatic carbocycles. The Labute approximate surface area is 688 Å². The van der Waals surface area contributed by atoms with Crippen molar-refractivity contribution in [2.75, 3.05) is 64.7 Å². The zero-order valence-corrected chi connectivity index (χ0v) is 68.8. The third kappa shape index (κ3) is 48.5. The van der Waals surface area contributed by atoms with E-state index in [9.17, 15) is 38.4 Å². The monoisotopic (exact) mass is 1670 g/mol. The van der Waals surface area contributed by atoms with E-state index in [-0.39, 0.29) is 221 Å². The maximum atomic E-state index is 15.2. The Morgan fingerprint density at radius 2 is 0.573 bits per heavy atom. The number of hydrogen-bond acceptors (Lipinski definition) is 22. The zero-order valence-electron chi connectivity index (χ0n) is 67.9. The standard InChI is InChI=1S/C73H130N30O13S/c1-41(104)43-23-21-42(22-24-43)33-53(99-59(110)39-116-73(2,3)4)58(109)37-47(16-8-28-94-68(81)82)64(115)102-51(19-11-31-97-71(87)88)56(107)35-45(14-6-26-92-66(77)78)62(113)100-49(17-9-29-95-69(83)84)54(105)34-44(13-5-25-91-65(75)76)61(112)101-50(18-10-30-96-70(85)86)55(106)36-46(15-7-27-93-67(79)80)63(114)103-52(20-12-32-98-72(89)90)57(108)38-48(40-117)60(74)111/h21-24,44-53,117H,5-20,25-40H2,1-4H3,(H2,74,111)(H,99,110)(H,100,113)(H,101,112)(H,102,115)(H,103,114)(H4,75,76,91)(H4,77,78,92)(H4,79,80,93)(H4,81,82,94)(H4,83,84,95)(H4,85,86,96)(H4,87,88,97)(H4,89,90,98)/t44-,45-,46-,47-,48+,49+,50+,51+,52+,53-/m0/s1. The van der Waals surface area contributed by atoms with Gasteiger partial charge >= 0.3 is 0 Å². The maximum absolute atomic E-state index is 15.2. The van der Waals surface area contributed by atoms with Crippen LogP contribution in [0.2, 0.25) is 0 Å². The minimum absolute atomic E-state index is 0.0115. The minimum atomic E-state index is -1.45. The Balaban J connectivity index is 4.19. The Bertz CT molecular complexity index is 3630. The first-order valence-electron chi connectivity index (χ1n) is 38.7. The van der Waals surface area contributed by atoms with Gasteiger partial charge in [0.2, 0.25) is 35.4 Å². The lowest BCUT2D eigenvalue weighted by atomic mass is 9.88. The molecular weight excluding hydrogens is 1540 g/mol. The van der Waals surface area contributed by atoms with E-state index in [4.69, 9.17) is 102 Å². The molecule has 0 saturated carbocycles. The second-order valence-corrected chi connectivity index (χ2v) is 29.6. The number of nitrogens with zero attached hydrogens (tertiary/aromatic N) is 8. The highest BCUT2D eigenvalue weighted by Gasteiger charge is 2.37. The van der Waals surface area contributed by atoms with Gasteiger partial charge in [0, 0.05) is 119 Å². The molecule has 39 N–H and O–H groups in total. The van der Waals surface area contributed by atoms with Gasteiger partial charge in [0.15, 0.2) is 82.4 Å². The van der Waals surface area contributed by atoms with E-state index < -0.39 is 168 Å². The Hall–Kier alpha value is -11.5. The van der Waals surface area contributed by atoms with Crippen molar-refractivity contribution in [2.24, 2.45) is 167 Å².